The van der Waals surface area contributed by atoms with Crippen molar-refractivity contribution < 1.29 is 14.8 Å². The van der Waals surface area contributed by atoms with Crippen molar-refractivity contribution in [1.82, 2.24) is 4.90 Å². The number of phenols is 1. The van der Waals surface area contributed by atoms with Gasteiger partial charge in [0.05, 0.1) is 32.7 Å². The van der Waals surface area contributed by atoms with E-state index in [-0.39, 0.29) is 11.7 Å². The predicted octanol–water partition coefficient (Wildman–Crippen LogP) is 1.37. The summed E-state index contributed by atoms with van der Waals surface area (Å²) in [5.74, 6) is 0.475. The van der Waals surface area contributed by atoms with Gasteiger partial charge in [-0.2, -0.15) is 0 Å². The summed E-state index contributed by atoms with van der Waals surface area (Å²) in [6, 6.07) is 11.4. The normalized spacial score (nSPS) is 15.0. The molecule has 1 aromatic heterocycles. The molecule has 0 spiro atoms. The van der Waals surface area contributed by atoms with Crippen LogP contribution >= 0.6 is 11.3 Å². The van der Waals surface area contributed by atoms with E-state index in [4.69, 9.17) is 0 Å². The Labute approximate surface area is 158 Å². The smallest absolute Gasteiger partial charge is 0.278 e. The van der Waals surface area contributed by atoms with Crippen LogP contribution in [0.2, 0.25) is 0 Å². The predicted molar refractivity (Wildman–Crippen MR) is 106 cm³/mol. The van der Waals surface area contributed by atoms with Crippen LogP contribution in [0.3, 0.4) is 0 Å². The zero-order chi connectivity index (χ0) is 18.4. The van der Waals surface area contributed by atoms with E-state index in [2.05, 4.69) is 17.5 Å². The summed E-state index contributed by atoms with van der Waals surface area (Å²) in [5, 5.41) is 11.5. The minimum atomic E-state index is 0.186. The molecule has 26 heavy (non-hydrogen) atoms. The van der Waals surface area contributed by atoms with Crippen molar-refractivity contribution in [3.8, 4) is 5.75 Å². The van der Waals surface area contributed by atoms with Crippen LogP contribution in [0.5, 0.6) is 5.75 Å². The maximum Gasteiger partial charge on any atom is 0.278 e. The van der Waals surface area contributed by atoms with E-state index in [9.17, 15) is 9.90 Å². The largest absolute Gasteiger partial charge is 0.508 e. The Balaban J connectivity index is 1.51. The molecule has 0 bridgehead atoms. The number of phenolic OH excluding ortho intramolecular Hbond substituents is 1. The standard InChI is InChI=1S/C20H25N3O2S/c1-2-9-23(15-19-4-3-14-26-19)20(25)16-21-10-12-22(13-11-21)17-5-7-18(24)8-6-17/h2-8,14,24H,1,9-13,15-16H2/p+1. The van der Waals surface area contributed by atoms with Crippen LogP contribution in [0.15, 0.2) is 54.4 Å². The third-order valence-corrected chi connectivity index (χ3v) is 5.58. The lowest BCUT2D eigenvalue weighted by Crippen LogP contribution is -3.15. The second kappa shape index (κ2) is 8.87. The second-order valence-electron chi connectivity index (χ2n) is 6.57. The number of hydrogen-bond acceptors (Lipinski definition) is 4. The number of aromatic hydroxyl groups is 1. The van der Waals surface area contributed by atoms with Crippen LogP contribution in [0.25, 0.3) is 0 Å². The monoisotopic (exact) mass is 372 g/mol. The summed E-state index contributed by atoms with van der Waals surface area (Å²) < 4.78 is 0. The van der Waals surface area contributed by atoms with Gasteiger partial charge in [-0.05, 0) is 35.7 Å². The van der Waals surface area contributed by atoms with E-state index in [0.29, 0.717) is 19.6 Å². The number of hydrogen-bond donors (Lipinski definition) is 2. The third kappa shape index (κ3) is 4.86. The first-order valence-corrected chi connectivity index (χ1v) is 9.82. The number of anilines is 1. The van der Waals surface area contributed by atoms with E-state index in [0.717, 1.165) is 31.9 Å². The van der Waals surface area contributed by atoms with Gasteiger partial charge < -0.3 is 19.8 Å². The maximum atomic E-state index is 12.7. The zero-order valence-electron chi connectivity index (χ0n) is 14.9. The lowest BCUT2D eigenvalue weighted by atomic mass is 10.2. The Hall–Kier alpha value is -2.31. The Kier molecular flexibility index (Phi) is 6.30. The molecule has 1 saturated heterocycles. The van der Waals surface area contributed by atoms with Gasteiger partial charge in [0, 0.05) is 17.1 Å². The molecule has 138 valence electrons. The van der Waals surface area contributed by atoms with Gasteiger partial charge in [0.25, 0.3) is 5.91 Å². The molecule has 1 aliphatic heterocycles. The van der Waals surface area contributed by atoms with E-state index < -0.39 is 0 Å². The summed E-state index contributed by atoms with van der Waals surface area (Å²) in [7, 11) is 0. The van der Waals surface area contributed by atoms with Crippen LogP contribution in [-0.4, -0.2) is 55.2 Å². The van der Waals surface area contributed by atoms with Crippen molar-refractivity contribution in [2.45, 2.75) is 6.54 Å². The summed E-state index contributed by atoms with van der Waals surface area (Å²) in [6.07, 6.45) is 1.80. The minimum absolute atomic E-state index is 0.186. The van der Waals surface area contributed by atoms with Gasteiger partial charge in [-0.3, -0.25) is 4.79 Å². The van der Waals surface area contributed by atoms with Gasteiger partial charge in [0.2, 0.25) is 0 Å². The van der Waals surface area contributed by atoms with Crippen LogP contribution in [0.4, 0.5) is 5.69 Å². The number of thiophene rings is 1. The van der Waals surface area contributed by atoms with Gasteiger partial charge in [-0.15, -0.1) is 17.9 Å². The van der Waals surface area contributed by atoms with Gasteiger partial charge in [0.15, 0.2) is 6.54 Å². The lowest BCUT2D eigenvalue weighted by Gasteiger charge is -2.34. The highest BCUT2D eigenvalue weighted by molar-refractivity contribution is 7.09. The van der Waals surface area contributed by atoms with Crippen LogP contribution < -0.4 is 9.80 Å². The number of piperazine rings is 1. The van der Waals surface area contributed by atoms with E-state index in [1.54, 1.807) is 29.5 Å². The van der Waals surface area contributed by atoms with Crippen molar-refractivity contribution in [2.75, 3.05) is 44.2 Å². The summed E-state index contributed by atoms with van der Waals surface area (Å²) >= 11 is 1.68. The molecule has 1 aromatic carbocycles. The van der Waals surface area contributed by atoms with Crippen LogP contribution in [-0.2, 0) is 11.3 Å². The van der Waals surface area contributed by atoms with Crippen molar-refractivity contribution >= 4 is 22.9 Å². The van der Waals surface area contributed by atoms with Gasteiger partial charge in [-0.25, -0.2) is 0 Å². The quantitative estimate of drug-likeness (QED) is 0.722. The topological polar surface area (TPSA) is 48.2 Å². The van der Waals surface area contributed by atoms with Gasteiger partial charge >= 0.3 is 0 Å². The first kappa shape index (κ1) is 18.5. The van der Waals surface area contributed by atoms with Crippen molar-refractivity contribution in [3.63, 3.8) is 0 Å². The summed E-state index contributed by atoms with van der Waals surface area (Å²) in [6.45, 7) is 9.28. The second-order valence-corrected chi connectivity index (χ2v) is 7.60. The fourth-order valence-corrected chi connectivity index (χ4v) is 3.97. The minimum Gasteiger partial charge on any atom is -0.508 e. The molecular formula is C20H26N3O2S+. The Morgan fingerprint density at radius 2 is 2.00 bits per heavy atom. The number of carbonyl (C=O) groups is 1. The average Bonchev–Trinajstić information content (AvgIpc) is 3.16. The highest BCUT2D eigenvalue weighted by Gasteiger charge is 2.24. The number of rotatable bonds is 7. The number of carbonyl (C=O) groups excluding carboxylic acids is 1. The summed E-state index contributed by atoms with van der Waals surface area (Å²) in [5.41, 5.74) is 1.12. The van der Waals surface area contributed by atoms with Crippen LogP contribution in [0.1, 0.15) is 4.88 Å². The number of amides is 1. The number of quaternary nitrogens is 1. The first-order chi connectivity index (χ1) is 12.7. The maximum absolute atomic E-state index is 12.7. The lowest BCUT2D eigenvalue weighted by molar-refractivity contribution is -0.892. The molecule has 0 unspecified atom stereocenters. The zero-order valence-corrected chi connectivity index (χ0v) is 15.8. The van der Waals surface area contributed by atoms with E-state index in [1.165, 1.54) is 9.78 Å². The Bertz CT molecular complexity index is 707. The molecule has 5 nitrogen and oxygen atoms in total. The molecule has 0 aliphatic carbocycles. The molecule has 2 N–H and O–H groups in total. The fourth-order valence-electron chi connectivity index (χ4n) is 3.25. The molecule has 6 heteroatoms. The highest BCUT2D eigenvalue weighted by Crippen LogP contribution is 2.18. The molecule has 0 saturated carbocycles. The SMILES string of the molecule is C=CCN(Cc1cccs1)C(=O)C[NH+]1CCN(c2ccc(O)cc2)CC1. The molecule has 2 aromatic rings. The molecule has 0 radical (unpaired) electrons. The molecular weight excluding hydrogens is 346 g/mol. The van der Waals surface area contributed by atoms with Crippen molar-refractivity contribution in [2.24, 2.45) is 0 Å². The average molecular weight is 373 g/mol. The third-order valence-electron chi connectivity index (χ3n) is 4.72. The van der Waals surface area contributed by atoms with Crippen molar-refractivity contribution in [1.29, 1.82) is 0 Å². The van der Waals surface area contributed by atoms with E-state index in [1.807, 2.05) is 28.5 Å². The number of benzene rings is 1. The van der Waals surface area contributed by atoms with Crippen molar-refractivity contribution in [3.05, 3.63) is 59.3 Å². The Morgan fingerprint density at radius 3 is 2.62 bits per heavy atom. The number of nitrogens with zero attached hydrogens (tertiary/aromatic N) is 2. The summed E-state index contributed by atoms with van der Waals surface area (Å²) in [4.78, 5) is 19.5. The molecule has 1 fully saturated rings. The highest BCUT2D eigenvalue weighted by atomic mass is 32.1. The van der Waals surface area contributed by atoms with Gasteiger partial charge in [0.1, 0.15) is 5.75 Å². The Morgan fingerprint density at radius 1 is 1.27 bits per heavy atom. The first-order valence-electron chi connectivity index (χ1n) is 8.94. The molecule has 3 rings (SSSR count). The van der Waals surface area contributed by atoms with Gasteiger partial charge in [-0.1, -0.05) is 12.1 Å². The molecule has 1 aliphatic rings. The molecule has 1 amide bonds. The van der Waals surface area contributed by atoms with E-state index >= 15 is 0 Å². The molecule has 2 heterocycles. The van der Waals surface area contributed by atoms with Crippen LogP contribution in [0, 0.1) is 0 Å². The fraction of sp³-hybridized carbons (Fsp3) is 0.350. The molecule has 0 atom stereocenters. The number of nitrogens with one attached hydrogen (secondary N) is 1.